The third-order valence-electron chi connectivity index (χ3n) is 2.59. The first-order chi connectivity index (χ1) is 9.88. The van der Waals surface area contributed by atoms with Crippen LogP contribution < -0.4 is 10.1 Å². The molecule has 118 valence electrons. The first kappa shape index (κ1) is 18.0. The van der Waals surface area contributed by atoms with Gasteiger partial charge in [0.1, 0.15) is 5.75 Å². The van der Waals surface area contributed by atoms with Gasteiger partial charge in [0, 0.05) is 6.54 Å². The molecule has 0 aliphatic rings. The highest BCUT2D eigenvalue weighted by Gasteiger charge is 2.09. The van der Waals surface area contributed by atoms with E-state index >= 15 is 0 Å². The van der Waals surface area contributed by atoms with E-state index in [1.54, 1.807) is 0 Å². The number of rotatable bonds is 8. The van der Waals surface area contributed by atoms with E-state index in [2.05, 4.69) is 35.1 Å². The van der Waals surface area contributed by atoms with Gasteiger partial charge in [0.2, 0.25) is 0 Å². The number of hydrogen-bond donors (Lipinski definition) is 1. The topological polar surface area (TPSA) is 47.6 Å². The number of ether oxygens (including phenoxy) is 2. The van der Waals surface area contributed by atoms with Crippen molar-refractivity contribution in [2.75, 3.05) is 13.2 Å². The first-order valence-electron chi connectivity index (χ1n) is 7.20. The van der Waals surface area contributed by atoms with Crippen LogP contribution in [0.4, 0.5) is 0 Å². The van der Waals surface area contributed by atoms with E-state index < -0.39 is 0 Å². The summed E-state index contributed by atoms with van der Waals surface area (Å²) < 4.78 is 11.3. The Labute approximate surface area is 135 Å². The predicted molar refractivity (Wildman–Crippen MR) is 87.4 cm³/mol. The van der Waals surface area contributed by atoms with E-state index in [9.17, 15) is 4.79 Å². The van der Waals surface area contributed by atoms with Crippen LogP contribution in [0.25, 0.3) is 0 Å². The van der Waals surface area contributed by atoms with Crippen molar-refractivity contribution in [2.24, 2.45) is 5.92 Å². The van der Waals surface area contributed by atoms with Crippen LogP contribution >= 0.6 is 15.9 Å². The number of carbonyl (C=O) groups is 1. The van der Waals surface area contributed by atoms with Crippen LogP contribution in [0, 0.1) is 5.92 Å². The zero-order valence-corrected chi connectivity index (χ0v) is 14.7. The molecular weight excluding hydrogens is 334 g/mol. The number of esters is 1. The van der Waals surface area contributed by atoms with Crippen molar-refractivity contribution in [3.63, 3.8) is 0 Å². The second-order valence-corrected chi connectivity index (χ2v) is 6.47. The van der Waals surface area contributed by atoms with Crippen LogP contribution in [-0.2, 0) is 16.1 Å². The lowest BCUT2D eigenvalue weighted by molar-refractivity contribution is -0.149. The molecule has 5 heteroatoms. The SMILES string of the molecule is CC(C)CNCc1ccc(OCC(=O)OC(C)C)c(Br)c1. The number of benzene rings is 1. The maximum absolute atomic E-state index is 11.4. The molecule has 1 aromatic carbocycles. The van der Waals surface area contributed by atoms with Crippen molar-refractivity contribution in [2.45, 2.75) is 40.3 Å². The van der Waals surface area contributed by atoms with Gasteiger partial charge in [0.25, 0.3) is 0 Å². The van der Waals surface area contributed by atoms with Gasteiger partial charge in [-0.1, -0.05) is 19.9 Å². The third-order valence-corrected chi connectivity index (χ3v) is 3.21. The predicted octanol–water partition coefficient (Wildman–Crippen LogP) is 3.53. The first-order valence-corrected chi connectivity index (χ1v) is 7.99. The van der Waals surface area contributed by atoms with Crippen molar-refractivity contribution in [3.8, 4) is 5.75 Å². The molecule has 0 heterocycles. The molecule has 0 atom stereocenters. The molecule has 0 unspecified atom stereocenters. The molecular formula is C16H24BrNO3. The molecule has 4 nitrogen and oxygen atoms in total. The molecule has 1 aromatic rings. The van der Waals surface area contributed by atoms with E-state index in [0.29, 0.717) is 11.7 Å². The van der Waals surface area contributed by atoms with Gasteiger partial charge >= 0.3 is 5.97 Å². The average molecular weight is 358 g/mol. The Balaban J connectivity index is 2.48. The van der Waals surface area contributed by atoms with Crippen LogP contribution in [0.2, 0.25) is 0 Å². The zero-order valence-electron chi connectivity index (χ0n) is 13.1. The Morgan fingerprint density at radius 2 is 2.00 bits per heavy atom. The molecule has 0 spiro atoms. The van der Waals surface area contributed by atoms with Gasteiger partial charge in [0.15, 0.2) is 6.61 Å². The zero-order chi connectivity index (χ0) is 15.8. The normalized spacial score (nSPS) is 11.0. The van der Waals surface area contributed by atoms with Crippen LogP contribution in [0.1, 0.15) is 33.3 Å². The van der Waals surface area contributed by atoms with Crippen molar-refractivity contribution in [1.29, 1.82) is 0 Å². The van der Waals surface area contributed by atoms with Gasteiger partial charge in [0.05, 0.1) is 10.6 Å². The molecule has 0 aliphatic heterocycles. The maximum atomic E-state index is 11.4. The van der Waals surface area contributed by atoms with E-state index in [-0.39, 0.29) is 18.7 Å². The minimum atomic E-state index is -0.362. The summed E-state index contributed by atoms with van der Waals surface area (Å²) >= 11 is 3.46. The van der Waals surface area contributed by atoms with Crippen LogP contribution in [0.15, 0.2) is 22.7 Å². The molecule has 0 bridgehead atoms. The van der Waals surface area contributed by atoms with Gasteiger partial charge in [-0.25, -0.2) is 4.79 Å². The van der Waals surface area contributed by atoms with Gasteiger partial charge in [-0.3, -0.25) is 0 Å². The van der Waals surface area contributed by atoms with E-state index in [4.69, 9.17) is 9.47 Å². The summed E-state index contributed by atoms with van der Waals surface area (Å²) in [5.74, 6) is 0.908. The molecule has 1 N–H and O–H groups in total. The van der Waals surface area contributed by atoms with E-state index in [1.165, 1.54) is 5.56 Å². The summed E-state index contributed by atoms with van der Waals surface area (Å²) in [7, 11) is 0. The summed E-state index contributed by atoms with van der Waals surface area (Å²) in [4.78, 5) is 11.4. The Hall–Kier alpha value is -1.07. The molecule has 1 rings (SSSR count). The highest BCUT2D eigenvalue weighted by molar-refractivity contribution is 9.10. The maximum Gasteiger partial charge on any atom is 0.344 e. The lowest BCUT2D eigenvalue weighted by atomic mass is 10.2. The van der Waals surface area contributed by atoms with Gasteiger partial charge in [-0.05, 0) is 59.9 Å². The largest absolute Gasteiger partial charge is 0.481 e. The highest BCUT2D eigenvalue weighted by atomic mass is 79.9. The van der Waals surface area contributed by atoms with Crippen molar-refractivity contribution < 1.29 is 14.3 Å². The Bertz CT molecular complexity index is 461. The smallest absolute Gasteiger partial charge is 0.344 e. The Kier molecular flexibility index (Phi) is 7.75. The number of carbonyl (C=O) groups excluding carboxylic acids is 1. The van der Waals surface area contributed by atoms with Crippen molar-refractivity contribution in [1.82, 2.24) is 5.32 Å². The minimum absolute atomic E-state index is 0.0816. The summed E-state index contributed by atoms with van der Waals surface area (Å²) in [5.41, 5.74) is 1.17. The number of nitrogens with one attached hydrogen (secondary N) is 1. The lowest BCUT2D eigenvalue weighted by Gasteiger charge is -2.12. The molecule has 0 fully saturated rings. The summed E-state index contributed by atoms with van der Waals surface area (Å²) in [5, 5.41) is 3.38. The van der Waals surface area contributed by atoms with Crippen LogP contribution in [-0.4, -0.2) is 25.2 Å². The summed E-state index contributed by atoms with van der Waals surface area (Å²) in [6.45, 7) is 9.69. The van der Waals surface area contributed by atoms with Crippen LogP contribution in [0.5, 0.6) is 5.75 Å². The Morgan fingerprint density at radius 1 is 1.29 bits per heavy atom. The fourth-order valence-corrected chi connectivity index (χ4v) is 2.25. The molecule has 0 radical (unpaired) electrons. The van der Waals surface area contributed by atoms with E-state index in [1.807, 2.05) is 32.0 Å². The quantitative estimate of drug-likeness (QED) is 0.723. The molecule has 21 heavy (non-hydrogen) atoms. The van der Waals surface area contributed by atoms with Gasteiger partial charge in [-0.15, -0.1) is 0 Å². The van der Waals surface area contributed by atoms with E-state index in [0.717, 1.165) is 17.6 Å². The summed E-state index contributed by atoms with van der Waals surface area (Å²) in [6.07, 6.45) is -0.126. The van der Waals surface area contributed by atoms with Gasteiger partial charge < -0.3 is 14.8 Å². The minimum Gasteiger partial charge on any atom is -0.481 e. The van der Waals surface area contributed by atoms with Crippen LogP contribution in [0.3, 0.4) is 0 Å². The average Bonchev–Trinajstić information content (AvgIpc) is 2.36. The molecule has 0 aliphatic carbocycles. The second kappa shape index (κ2) is 9.05. The number of halogens is 1. The fraction of sp³-hybridized carbons (Fsp3) is 0.562. The monoisotopic (exact) mass is 357 g/mol. The molecule has 0 amide bonds. The highest BCUT2D eigenvalue weighted by Crippen LogP contribution is 2.26. The number of hydrogen-bond acceptors (Lipinski definition) is 4. The molecule has 0 saturated heterocycles. The molecule has 0 aromatic heterocycles. The fourth-order valence-electron chi connectivity index (χ4n) is 1.71. The second-order valence-electron chi connectivity index (χ2n) is 5.62. The summed E-state index contributed by atoms with van der Waals surface area (Å²) in [6, 6.07) is 5.84. The van der Waals surface area contributed by atoms with Crippen molar-refractivity contribution >= 4 is 21.9 Å². The standard InChI is InChI=1S/C16H24BrNO3/c1-11(2)8-18-9-13-5-6-15(14(17)7-13)20-10-16(19)21-12(3)4/h5-7,11-12,18H,8-10H2,1-4H3. The Morgan fingerprint density at radius 3 is 2.57 bits per heavy atom. The van der Waals surface area contributed by atoms with Crippen molar-refractivity contribution in [3.05, 3.63) is 28.2 Å². The third kappa shape index (κ3) is 7.48. The molecule has 0 saturated carbocycles. The lowest BCUT2D eigenvalue weighted by Crippen LogP contribution is -2.19. The van der Waals surface area contributed by atoms with Gasteiger partial charge in [-0.2, -0.15) is 0 Å².